The van der Waals surface area contributed by atoms with Crippen LogP contribution in [0.2, 0.25) is 0 Å². The molecule has 0 saturated carbocycles. The SMILES string of the molecule is Cc1ccc(C(C)(C)C)cc1.Cc1ccc(C(C)(C)C)cc1Br. The Hall–Kier alpha value is -1.08. The molecule has 0 N–H and O–H groups in total. The molecule has 23 heavy (non-hydrogen) atoms. The van der Waals surface area contributed by atoms with Crippen LogP contribution in [0.3, 0.4) is 0 Å². The van der Waals surface area contributed by atoms with Gasteiger partial charge in [-0.05, 0) is 47.4 Å². The molecule has 0 heterocycles. The summed E-state index contributed by atoms with van der Waals surface area (Å²) in [5.41, 5.74) is 5.94. The van der Waals surface area contributed by atoms with Gasteiger partial charge in [-0.15, -0.1) is 0 Å². The third kappa shape index (κ3) is 6.51. The molecule has 0 fully saturated rings. The van der Waals surface area contributed by atoms with Gasteiger partial charge in [-0.25, -0.2) is 0 Å². The Morgan fingerprint density at radius 2 is 1.09 bits per heavy atom. The van der Waals surface area contributed by atoms with Gasteiger partial charge in [0.05, 0.1) is 0 Å². The Kier molecular flexibility index (Phi) is 6.65. The van der Waals surface area contributed by atoms with Crippen molar-refractivity contribution in [1.82, 2.24) is 0 Å². The smallest absolute Gasteiger partial charge is 0.0207 e. The molecule has 2 rings (SSSR count). The van der Waals surface area contributed by atoms with Gasteiger partial charge in [-0.3, -0.25) is 0 Å². The molecule has 0 amide bonds. The molecule has 1 heteroatoms. The minimum absolute atomic E-state index is 0.246. The molecular weight excluding hydrogens is 344 g/mol. The monoisotopic (exact) mass is 374 g/mol. The maximum Gasteiger partial charge on any atom is 0.0207 e. The highest BCUT2D eigenvalue weighted by Crippen LogP contribution is 2.26. The van der Waals surface area contributed by atoms with Crippen molar-refractivity contribution in [3.05, 3.63) is 69.2 Å². The largest absolute Gasteiger partial charge is 0.0590 e. The molecule has 0 aromatic heterocycles. The van der Waals surface area contributed by atoms with Gasteiger partial charge in [0, 0.05) is 4.47 Å². The van der Waals surface area contributed by atoms with Crippen LogP contribution in [0.5, 0.6) is 0 Å². The third-order valence-electron chi connectivity index (χ3n) is 3.96. The van der Waals surface area contributed by atoms with Crippen LogP contribution < -0.4 is 0 Å². The van der Waals surface area contributed by atoms with E-state index in [1.54, 1.807) is 0 Å². The van der Waals surface area contributed by atoms with E-state index in [4.69, 9.17) is 0 Å². The highest BCUT2D eigenvalue weighted by atomic mass is 79.9. The van der Waals surface area contributed by atoms with Crippen LogP contribution in [0.4, 0.5) is 0 Å². The predicted octanol–water partition coefficient (Wildman–Crippen LogP) is 7.35. The lowest BCUT2D eigenvalue weighted by atomic mass is 9.87. The van der Waals surface area contributed by atoms with Crippen molar-refractivity contribution in [2.45, 2.75) is 66.2 Å². The van der Waals surface area contributed by atoms with E-state index >= 15 is 0 Å². The lowest BCUT2D eigenvalue weighted by molar-refractivity contribution is 0.589. The molecule has 0 aliphatic carbocycles. The minimum atomic E-state index is 0.246. The van der Waals surface area contributed by atoms with Gasteiger partial charge in [-0.1, -0.05) is 99.4 Å². The van der Waals surface area contributed by atoms with Crippen LogP contribution in [0.25, 0.3) is 0 Å². The molecule has 0 atom stereocenters. The maximum absolute atomic E-state index is 3.54. The van der Waals surface area contributed by atoms with Crippen LogP contribution in [-0.2, 0) is 10.8 Å². The van der Waals surface area contributed by atoms with Crippen molar-refractivity contribution in [3.63, 3.8) is 0 Å². The van der Waals surface area contributed by atoms with Gasteiger partial charge >= 0.3 is 0 Å². The predicted molar refractivity (Wildman–Crippen MR) is 107 cm³/mol. The fraction of sp³-hybridized carbons (Fsp3) is 0.455. The van der Waals surface area contributed by atoms with Crippen molar-refractivity contribution >= 4 is 15.9 Å². The first-order valence-corrected chi connectivity index (χ1v) is 9.04. The van der Waals surface area contributed by atoms with Gasteiger partial charge in [0.25, 0.3) is 0 Å². The van der Waals surface area contributed by atoms with Gasteiger partial charge in [0.2, 0.25) is 0 Å². The van der Waals surface area contributed by atoms with Crippen LogP contribution in [-0.4, -0.2) is 0 Å². The molecule has 0 bridgehead atoms. The van der Waals surface area contributed by atoms with Gasteiger partial charge in [0.15, 0.2) is 0 Å². The van der Waals surface area contributed by atoms with E-state index in [-0.39, 0.29) is 10.8 Å². The zero-order chi connectivity index (χ0) is 17.8. The Labute approximate surface area is 151 Å². The second kappa shape index (κ2) is 7.66. The molecule has 2 aromatic rings. The van der Waals surface area contributed by atoms with Crippen molar-refractivity contribution < 1.29 is 0 Å². The first kappa shape index (κ1) is 20.0. The molecule has 0 unspecified atom stereocenters. The average Bonchev–Trinajstić information content (AvgIpc) is 2.41. The second-order valence-corrected chi connectivity index (χ2v) is 9.18. The Balaban J connectivity index is 0.000000231. The Morgan fingerprint density at radius 1 is 0.652 bits per heavy atom. The molecule has 0 spiro atoms. The van der Waals surface area contributed by atoms with Crippen molar-refractivity contribution in [2.24, 2.45) is 0 Å². The van der Waals surface area contributed by atoms with Gasteiger partial charge in [0.1, 0.15) is 0 Å². The van der Waals surface area contributed by atoms with E-state index < -0.39 is 0 Å². The minimum Gasteiger partial charge on any atom is -0.0590 e. The van der Waals surface area contributed by atoms with Crippen molar-refractivity contribution in [2.75, 3.05) is 0 Å². The summed E-state index contributed by atoms with van der Waals surface area (Å²) in [5.74, 6) is 0. The number of rotatable bonds is 0. The number of halogens is 1. The molecule has 2 aromatic carbocycles. The summed E-state index contributed by atoms with van der Waals surface area (Å²) in [6.45, 7) is 17.6. The highest BCUT2D eigenvalue weighted by Gasteiger charge is 2.13. The van der Waals surface area contributed by atoms with E-state index in [1.165, 1.54) is 26.7 Å². The summed E-state index contributed by atoms with van der Waals surface area (Å²) in [6, 6.07) is 15.3. The third-order valence-corrected chi connectivity index (χ3v) is 4.81. The molecule has 0 saturated heterocycles. The van der Waals surface area contributed by atoms with E-state index in [0.29, 0.717) is 0 Å². The second-order valence-electron chi connectivity index (χ2n) is 8.33. The van der Waals surface area contributed by atoms with Crippen molar-refractivity contribution in [3.8, 4) is 0 Å². The van der Waals surface area contributed by atoms with Crippen LogP contribution in [0.1, 0.15) is 63.8 Å². The van der Waals surface area contributed by atoms with Crippen molar-refractivity contribution in [1.29, 1.82) is 0 Å². The molecule has 0 radical (unpaired) electrons. The van der Waals surface area contributed by atoms with E-state index in [2.05, 4.69) is 114 Å². The van der Waals surface area contributed by atoms with E-state index in [1.807, 2.05) is 0 Å². The number of hydrogen-bond donors (Lipinski definition) is 0. The number of hydrogen-bond acceptors (Lipinski definition) is 0. The summed E-state index contributed by atoms with van der Waals surface area (Å²) in [7, 11) is 0. The maximum atomic E-state index is 3.54. The van der Waals surface area contributed by atoms with Crippen LogP contribution >= 0.6 is 15.9 Å². The quantitative estimate of drug-likeness (QED) is 0.452. The highest BCUT2D eigenvalue weighted by molar-refractivity contribution is 9.10. The van der Waals surface area contributed by atoms with E-state index in [0.717, 1.165) is 0 Å². The van der Waals surface area contributed by atoms with Crippen LogP contribution in [0.15, 0.2) is 46.9 Å². The Bertz CT molecular complexity index is 623. The average molecular weight is 375 g/mol. The number of benzene rings is 2. The fourth-order valence-electron chi connectivity index (χ4n) is 2.11. The van der Waals surface area contributed by atoms with Gasteiger partial charge in [-0.2, -0.15) is 0 Å². The number of aryl methyl sites for hydroxylation is 2. The molecule has 0 aliphatic heterocycles. The summed E-state index contributed by atoms with van der Waals surface area (Å²) >= 11 is 3.54. The van der Waals surface area contributed by atoms with E-state index in [9.17, 15) is 0 Å². The lowest BCUT2D eigenvalue weighted by Gasteiger charge is -2.19. The molecule has 0 aliphatic rings. The summed E-state index contributed by atoms with van der Waals surface area (Å²) < 4.78 is 1.20. The topological polar surface area (TPSA) is 0 Å². The summed E-state index contributed by atoms with van der Waals surface area (Å²) in [6.07, 6.45) is 0. The molecular formula is C22H31Br. The van der Waals surface area contributed by atoms with Crippen LogP contribution in [0, 0.1) is 13.8 Å². The molecule has 0 nitrogen and oxygen atoms in total. The van der Waals surface area contributed by atoms with Gasteiger partial charge < -0.3 is 0 Å². The molecule has 126 valence electrons. The summed E-state index contributed by atoms with van der Waals surface area (Å²) in [5, 5.41) is 0. The fourth-order valence-corrected chi connectivity index (χ4v) is 2.49. The first-order chi connectivity index (χ1) is 10.4. The first-order valence-electron chi connectivity index (χ1n) is 8.25. The summed E-state index contributed by atoms with van der Waals surface area (Å²) in [4.78, 5) is 0. The normalized spacial score (nSPS) is 11.7. The standard InChI is InChI=1S/C11H15Br.C11H16/c1-8-5-6-9(7-10(8)12)11(2,3)4;1-9-5-7-10(8-6-9)11(2,3)4/h5-7H,1-4H3;5-8H,1-4H3. The zero-order valence-corrected chi connectivity index (χ0v) is 17.5. The lowest BCUT2D eigenvalue weighted by Crippen LogP contribution is -2.10. The zero-order valence-electron chi connectivity index (χ0n) is 15.9. The Morgan fingerprint density at radius 3 is 1.48 bits per heavy atom.